The number of fused-ring (bicyclic) bond motifs is 1. The number of nitrogens with two attached hydrogens (primary N) is 4. The van der Waals surface area contributed by atoms with Gasteiger partial charge in [-0.2, -0.15) is 43.2 Å². The maximum Gasteiger partial charge on any atom is 0.522 e. The summed E-state index contributed by atoms with van der Waals surface area (Å²) in [7, 11) is -11.7. The Balaban J connectivity index is 0.000000456. The second-order valence-electron chi connectivity index (χ2n) is 5.15. The summed E-state index contributed by atoms with van der Waals surface area (Å²) in [5.41, 5.74) is 13.9. The average molecular weight is 488 g/mol. The number of hydrogen-bond acceptors (Lipinski definition) is 8. The molecule has 18 heteroatoms. The largest absolute Gasteiger partial charge is 0.522 e. The van der Waals surface area contributed by atoms with Crippen LogP contribution in [0.2, 0.25) is 0 Å². The van der Waals surface area contributed by atoms with Crippen molar-refractivity contribution in [1.29, 1.82) is 0 Å². The maximum atomic E-state index is 10.7. The highest BCUT2D eigenvalue weighted by Crippen LogP contribution is 2.28. The van der Waals surface area contributed by atoms with Crippen molar-refractivity contribution in [2.45, 2.75) is 11.0 Å². The summed E-state index contributed by atoms with van der Waals surface area (Å²) in [4.78, 5) is 0. The molecular weight excluding hydrogens is 474 g/mol. The lowest BCUT2D eigenvalue weighted by Gasteiger charge is -2.06. The van der Waals surface area contributed by atoms with E-state index >= 15 is 0 Å². The predicted octanol–water partition coefficient (Wildman–Crippen LogP) is 1.96. The molecule has 0 aromatic heterocycles. The molecule has 0 radical (unpaired) electrons. The van der Waals surface area contributed by atoms with Gasteiger partial charge in [0.1, 0.15) is 0 Å². The van der Waals surface area contributed by atoms with E-state index in [1.807, 2.05) is 0 Å². The van der Waals surface area contributed by atoms with Crippen molar-refractivity contribution in [2.24, 2.45) is 0 Å². The van der Waals surface area contributed by atoms with E-state index in [0.717, 1.165) is 10.8 Å². The Kier molecular flexibility index (Phi) is 8.17. The van der Waals surface area contributed by atoms with Gasteiger partial charge >= 0.3 is 31.3 Å². The van der Waals surface area contributed by atoms with Crippen LogP contribution in [0.5, 0.6) is 0 Å². The molecule has 0 aliphatic carbocycles. The summed E-state index contributed by atoms with van der Waals surface area (Å²) in [6.45, 7) is 0. The van der Waals surface area contributed by atoms with Crippen LogP contribution in [0.25, 0.3) is 10.8 Å². The van der Waals surface area contributed by atoms with Gasteiger partial charge in [0.15, 0.2) is 0 Å². The highest BCUT2D eigenvalue weighted by Gasteiger charge is 2.45. The molecule has 0 saturated carbocycles. The summed E-state index contributed by atoms with van der Waals surface area (Å²) in [5, 5.41) is 1.90. The lowest BCUT2D eigenvalue weighted by Crippen LogP contribution is -2.21. The molecule has 2 aromatic rings. The fraction of sp³-hybridized carbons (Fsp3) is 0.167. The monoisotopic (exact) mass is 488 g/mol. The molecule has 0 saturated heterocycles. The zero-order valence-electron chi connectivity index (χ0n) is 14.2. The highest BCUT2D eigenvalue weighted by atomic mass is 32.2. The molecule has 0 unspecified atom stereocenters. The smallest absolute Gasteiger partial charge is 0.397 e. The number of anilines is 4. The standard InChI is InChI=1S/C10H12N4.2CHF3O3S/c11-7-1-5-2-9(13)10(14)4-6(5)3-8(7)12;2*2-1(3,4)8(5,6)7/h1-4H,11-14H2;2*(H,5,6,7). The third-order valence-corrected chi connectivity index (χ3v) is 4.00. The summed E-state index contributed by atoms with van der Waals surface area (Å²) < 4.78 is 115. The third kappa shape index (κ3) is 7.97. The minimum atomic E-state index is -5.84. The Morgan fingerprint density at radius 2 is 0.700 bits per heavy atom. The van der Waals surface area contributed by atoms with E-state index in [1.54, 1.807) is 24.3 Å². The van der Waals surface area contributed by atoms with Crippen LogP contribution in [0.15, 0.2) is 24.3 Å². The topological polar surface area (TPSA) is 213 Å². The first kappa shape index (κ1) is 27.3. The van der Waals surface area contributed by atoms with Crippen molar-refractivity contribution in [3.63, 3.8) is 0 Å². The van der Waals surface area contributed by atoms with E-state index in [9.17, 15) is 26.3 Å². The molecule has 2 aromatic carbocycles. The molecule has 0 bridgehead atoms. The fourth-order valence-electron chi connectivity index (χ4n) is 1.42. The average Bonchev–Trinajstić information content (AvgIpc) is 2.48. The zero-order chi connectivity index (χ0) is 24.3. The van der Waals surface area contributed by atoms with Gasteiger partial charge in [0.05, 0.1) is 22.7 Å². The van der Waals surface area contributed by atoms with Crippen LogP contribution in [0, 0.1) is 0 Å². The molecule has 0 aliphatic rings. The summed E-state index contributed by atoms with van der Waals surface area (Å²) in [5.74, 6) is 0. The molecule has 0 heterocycles. The van der Waals surface area contributed by atoms with Crippen LogP contribution in [-0.2, 0) is 20.2 Å². The summed E-state index contributed by atoms with van der Waals surface area (Å²) in [6.07, 6.45) is 0. The van der Waals surface area contributed by atoms with Crippen molar-refractivity contribution in [3.05, 3.63) is 24.3 Å². The lowest BCUT2D eigenvalue weighted by molar-refractivity contribution is -0.0514. The summed E-state index contributed by atoms with van der Waals surface area (Å²) >= 11 is 0. The van der Waals surface area contributed by atoms with Gasteiger partial charge in [0.25, 0.3) is 0 Å². The van der Waals surface area contributed by atoms with Crippen molar-refractivity contribution >= 4 is 53.8 Å². The first-order valence-corrected chi connectivity index (χ1v) is 9.67. The van der Waals surface area contributed by atoms with Crippen molar-refractivity contribution in [1.82, 2.24) is 0 Å². The maximum absolute atomic E-state index is 10.7. The Hall–Kier alpha value is -2.70. The van der Waals surface area contributed by atoms with Crippen LogP contribution >= 0.6 is 0 Å². The molecule has 172 valence electrons. The second kappa shape index (κ2) is 8.98. The van der Waals surface area contributed by atoms with Crippen LogP contribution in [0.4, 0.5) is 49.1 Å². The van der Waals surface area contributed by atoms with Crippen molar-refractivity contribution in [3.8, 4) is 0 Å². The number of alkyl halides is 6. The van der Waals surface area contributed by atoms with Crippen LogP contribution in [-0.4, -0.2) is 37.0 Å². The van der Waals surface area contributed by atoms with E-state index in [-0.39, 0.29) is 0 Å². The highest BCUT2D eigenvalue weighted by molar-refractivity contribution is 7.86. The van der Waals surface area contributed by atoms with E-state index in [1.165, 1.54) is 0 Å². The van der Waals surface area contributed by atoms with E-state index < -0.39 is 31.3 Å². The minimum absolute atomic E-state index is 0.557. The van der Waals surface area contributed by atoms with Crippen molar-refractivity contribution in [2.75, 3.05) is 22.9 Å². The first-order valence-electron chi connectivity index (χ1n) is 6.79. The zero-order valence-corrected chi connectivity index (χ0v) is 15.9. The molecule has 10 nitrogen and oxygen atoms in total. The number of halogens is 6. The molecule has 0 spiro atoms. The van der Waals surface area contributed by atoms with Gasteiger partial charge < -0.3 is 22.9 Å². The molecule has 0 atom stereocenters. The van der Waals surface area contributed by atoms with Crippen LogP contribution < -0.4 is 22.9 Å². The molecule has 30 heavy (non-hydrogen) atoms. The Morgan fingerprint density at radius 3 is 0.800 bits per heavy atom. The predicted molar refractivity (Wildman–Crippen MR) is 96.8 cm³/mol. The Morgan fingerprint density at radius 1 is 0.567 bits per heavy atom. The molecular formula is C12H14F6N4O6S2. The SMILES string of the molecule is Nc1cc2cc(N)c(N)cc2cc1N.O=S(=O)(O)C(F)(F)F.O=S(=O)(O)C(F)(F)F. The van der Waals surface area contributed by atoms with Gasteiger partial charge in [-0.15, -0.1) is 0 Å². The van der Waals surface area contributed by atoms with Crippen LogP contribution in [0.3, 0.4) is 0 Å². The molecule has 0 amide bonds. The van der Waals surface area contributed by atoms with Gasteiger partial charge in [-0.3, -0.25) is 9.11 Å². The molecule has 0 fully saturated rings. The number of nitrogen functional groups attached to an aromatic ring is 4. The first-order chi connectivity index (χ1) is 13.1. The third-order valence-electron chi connectivity index (χ3n) is 2.83. The lowest BCUT2D eigenvalue weighted by atomic mass is 10.1. The van der Waals surface area contributed by atoms with Gasteiger partial charge in [-0.05, 0) is 35.0 Å². The summed E-state index contributed by atoms with van der Waals surface area (Å²) in [6, 6.07) is 7.17. The molecule has 0 aliphatic heterocycles. The van der Waals surface area contributed by atoms with Gasteiger partial charge in [0.2, 0.25) is 0 Å². The van der Waals surface area contributed by atoms with E-state index in [0.29, 0.717) is 22.7 Å². The number of benzene rings is 2. The van der Waals surface area contributed by atoms with E-state index in [2.05, 4.69) is 0 Å². The number of rotatable bonds is 0. The molecule has 2 rings (SSSR count). The fourth-order valence-corrected chi connectivity index (χ4v) is 1.42. The van der Waals surface area contributed by atoms with Gasteiger partial charge in [-0.25, -0.2) is 0 Å². The quantitative estimate of drug-likeness (QED) is 0.137. The minimum Gasteiger partial charge on any atom is -0.397 e. The van der Waals surface area contributed by atoms with E-state index in [4.69, 9.17) is 48.9 Å². The van der Waals surface area contributed by atoms with Crippen LogP contribution in [0.1, 0.15) is 0 Å². The Labute approximate surface area is 164 Å². The second-order valence-corrected chi connectivity index (χ2v) is 7.98. The van der Waals surface area contributed by atoms with Gasteiger partial charge in [0, 0.05) is 0 Å². The Bertz CT molecular complexity index is 985. The van der Waals surface area contributed by atoms with Gasteiger partial charge in [-0.1, -0.05) is 0 Å². The number of hydrogen-bond donors (Lipinski definition) is 6. The molecule has 10 N–H and O–H groups in total. The normalized spacial score (nSPS) is 12.4. The van der Waals surface area contributed by atoms with Crippen molar-refractivity contribution < 1.29 is 52.3 Å².